The quantitative estimate of drug-likeness (QED) is 0.244. The SMILES string of the molecule is COc1ccc(N(CC(=O)N(Cc2ccccc2C)[C@@H](C)C(=O)NC(C)(C)C)S(=O)(=O)c2ccc(C)c([N+](=O)[O-])c2)cc1. The first-order valence-electron chi connectivity index (χ1n) is 13.6. The van der Waals surface area contributed by atoms with E-state index in [-0.39, 0.29) is 22.8 Å². The van der Waals surface area contributed by atoms with Gasteiger partial charge in [0, 0.05) is 23.7 Å². The topological polar surface area (TPSA) is 139 Å². The lowest BCUT2D eigenvalue weighted by Crippen LogP contribution is -2.54. The predicted molar refractivity (Wildman–Crippen MR) is 164 cm³/mol. The number of carbonyl (C=O) groups excluding carboxylic acids is 2. The van der Waals surface area contributed by atoms with E-state index in [1.165, 1.54) is 43.2 Å². The molecule has 0 unspecified atom stereocenters. The number of nitrogens with one attached hydrogen (secondary N) is 1. The fourth-order valence-electron chi connectivity index (χ4n) is 4.38. The van der Waals surface area contributed by atoms with Crippen molar-refractivity contribution in [1.29, 1.82) is 0 Å². The van der Waals surface area contributed by atoms with Gasteiger partial charge in [0.1, 0.15) is 18.3 Å². The molecule has 0 saturated heterocycles. The molecule has 0 heterocycles. The summed E-state index contributed by atoms with van der Waals surface area (Å²) in [6.07, 6.45) is 0. The minimum atomic E-state index is -4.49. The average Bonchev–Trinajstić information content (AvgIpc) is 2.94. The van der Waals surface area contributed by atoms with E-state index in [0.29, 0.717) is 11.3 Å². The summed E-state index contributed by atoms with van der Waals surface area (Å²) < 4.78 is 34.2. The second-order valence-electron chi connectivity index (χ2n) is 11.3. The van der Waals surface area contributed by atoms with E-state index < -0.39 is 44.9 Å². The molecule has 0 aliphatic carbocycles. The summed E-state index contributed by atoms with van der Waals surface area (Å²) in [6, 6.07) is 16.1. The Morgan fingerprint density at radius 3 is 2.19 bits per heavy atom. The summed E-state index contributed by atoms with van der Waals surface area (Å²) in [5.74, 6) is -0.574. The number of aryl methyl sites for hydroxylation is 2. The third-order valence-electron chi connectivity index (χ3n) is 6.87. The number of anilines is 1. The number of hydrogen-bond donors (Lipinski definition) is 1. The molecule has 3 aromatic carbocycles. The molecule has 12 heteroatoms. The van der Waals surface area contributed by atoms with E-state index in [4.69, 9.17) is 4.74 Å². The van der Waals surface area contributed by atoms with Crippen molar-refractivity contribution in [3.8, 4) is 5.75 Å². The van der Waals surface area contributed by atoms with Crippen molar-refractivity contribution in [3.63, 3.8) is 0 Å². The number of ether oxygens (including phenoxy) is 1. The minimum Gasteiger partial charge on any atom is -0.497 e. The van der Waals surface area contributed by atoms with Crippen LogP contribution in [0, 0.1) is 24.0 Å². The first kappa shape index (κ1) is 33.1. The summed E-state index contributed by atoms with van der Waals surface area (Å²) in [6.45, 7) is 9.83. The molecule has 0 saturated carbocycles. The molecule has 230 valence electrons. The highest BCUT2D eigenvalue weighted by atomic mass is 32.2. The number of benzene rings is 3. The summed E-state index contributed by atoms with van der Waals surface area (Å²) in [5, 5.41) is 14.5. The molecule has 2 amide bonds. The Morgan fingerprint density at radius 2 is 1.63 bits per heavy atom. The van der Waals surface area contributed by atoms with E-state index in [1.54, 1.807) is 19.1 Å². The molecule has 0 fully saturated rings. The summed E-state index contributed by atoms with van der Waals surface area (Å²) >= 11 is 0. The van der Waals surface area contributed by atoms with Crippen LogP contribution in [-0.4, -0.2) is 55.3 Å². The Balaban J connectivity index is 2.11. The van der Waals surface area contributed by atoms with Crippen molar-refractivity contribution in [3.05, 3.63) is 93.5 Å². The zero-order chi connectivity index (χ0) is 32.1. The highest BCUT2D eigenvalue weighted by molar-refractivity contribution is 7.92. The van der Waals surface area contributed by atoms with Crippen LogP contribution < -0.4 is 14.4 Å². The molecular formula is C31H38N4O7S. The van der Waals surface area contributed by atoms with Gasteiger partial charge in [0.25, 0.3) is 15.7 Å². The zero-order valence-corrected chi connectivity index (χ0v) is 26.3. The Bertz CT molecular complexity index is 1600. The van der Waals surface area contributed by atoms with Gasteiger partial charge in [0.05, 0.1) is 22.6 Å². The zero-order valence-electron chi connectivity index (χ0n) is 25.5. The molecule has 11 nitrogen and oxygen atoms in total. The van der Waals surface area contributed by atoms with Crippen molar-refractivity contribution in [2.75, 3.05) is 18.0 Å². The molecular weight excluding hydrogens is 572 g/mol. The van der Waals surface area contributed by atoms with Gasteiger partial charge >= 0.3 is 0 Å². The Morgan fingerprint density at radius 1 is 1.00 bits per heavy atom. The summed E-state index contributed by atoms with van der Waals surface area (Å²) in [5.41, 5.74) is 1.19. The van der Waals surface area contributed by atoms with E-state index in [0.717, 1.165) is 21.5 Å². The molecule has 1 atom stereocenters. The van der Waals surface area contributed by atoms with E-state index in [1.807, 2.05) is 52.0 Å². The second-order valence-corrected chi connectivity index (χ2v) is 13.1. The van der Waals surface area contributed by atoms with Gasteiger partial charge in [0.2, 0.25) is 11.8 Å². The van der Waals surface area contributed by atoms with Crippen LogP contribution in [0.5, 0.6) is 5.75 Å². The van der Waals surface area contributed by atoms with Crippen molar-refractivity contribution < 1.29 is 27.7 Å². The van der Waals surface area contributed by atoms with E-state index in [9.17, 15) is 28.1 Å². The molecule has 0 spiro atoms. The highest BCUT2D eigenvalue weighted by Crippen LogP contribution is 2.29. The first-order chi connectivity index (χ1) is 20.0. The van der Waals surface area contributed by atoms with Crippen LogP contribution in [0.3, 0.4) is 0 Å². The fraction of sp³-hybridized carbons (Fsp3) is 0.355. The van der Waals surface area contributed by atoms with Crippen LogP contribution in [0.25, 0.3) is 0 Å². The van der Waals surface area contributed by atoms with Crippen LogP contribution in [0.2, 0.25) is 0 Å². The maximum Gasteiger partial charge on any atom is 0.273 e. The Hall–Kier alpha value is -4.45. The lowest BCUT2D eigenvalue weighted by molar-refractivity contribution is -0.385. The van der Waals surface area contributed by atoms with Crippen molar-refractivity contribution in [2.24, 2.45) is 0 Å². The number of nitro groups is 1. The maximum absolute atomic E-state index is 14.1. The van der Waals surface area contributed by atoms with Crippen LogP contribution in [0.1, 0.15) is 44.4 Å². The molecule has 0 aromatic heterocycles. The third kappa shape index (κ3) is 8.10. The molecule has 1 N–H and O–H groups in total. The number of methoxy groups -OCH3 is 1. The van der Waals surface area contributed by atoms with E-state index >= 15 is 0 Å². The fourth-order valence-corrected chi connectivity index (χ4v) is 5.81. The maximum atomic E-state index is 14.1. The average molecular weight is 611 g/mol. The third-order valence-corrected chi connectivity index (χ3v) is 8.64. The predicted octanol–water partition coefficient (Wildman–Crippen LogP) is 4.75. The van der Waals surface area contributed by atoms with Gasteiger partial charge in [-0.05, 0) is 83.0 Å². The molecule has 3 rings (SSSR count). The largest absolute Gasteiger partial charge is 0.497 e. The van der Waals surface area contributed by atoms with Crippen molar-refractivity contribution in [2.45, 2.75) is 64.6 Å². The molecule has 0 aliphatic rings. The van der Waals surface area contributed by atoms with Crippen LogP contribution in [0.4, 0.5) is 11.4 Å². The van der Waals surface area contributed by atoms with Gasteiger partial charge in [0.15, 0.2) is 0 Å². The lowest BCUT2D eigenvalue weighted by Gasteiger charge is -2.33. The van der Waals surface area contributed by atoms with Gasteiger partial charge in [-0.15, -0.1) is 0 Å². The van der Waals surface area contributed by atoms with Gasteiger partial charge in [-0.25, -0.2) is 8.42 Å². The Kier molecular flexibility index (Phi) is 10.2. The summed E-state index contributed by atoms with van der Waals surface area (Å²) in [7, 11) is -3.03. The van der Waals surface area contributed by atoms with Crippen molar-refractivity contribution in [1.82, 2.24) is 10.2 Å². The highest BCUT2D eigenvalue weighted by Gasteiger charge is 2.34. The van der Waals surface area contributed by atoms with Gasteiger partial charge in [-0.1, -0.05) is 30.3 Å². The number of rotatable bonds is 11. The number of sulfonamides is 1. The number of nitrogens with zero attached hydrogens (tertiary/aromatic N) is 3. The molecule has 3 aromatic rings. The second kappa shape index (κ2) is 13.2. The normalized spacial score (nSPS) is 12.3. The standard InChI is InChI=1S/C31H38N4O7S/c1-21-10-8-9-11-24(21)19-33(23(3)30(37)32-31(4,5)6)29(36)20-34(25-13-15-26(42-7)16-14-25)43(40,41)27-17-12-22(2)28(18-27)35(38)39/h8-18,23H,19-20H2,1-7H3,(H,32,37)/t23-/m0/s1. The number of amides is 2. The van der Waals surface area contributed by atoms with Crippen LogP contribution in [-0.2, 0) is 26.2 Å². The van der Waals surface area contributed by atoms with Gasteiger partial charge < -0.3 is 15.0 Å². The van der Waals surface area contributed by atoms with Crippen LogP contribution in [0.15, 0.2) is 71.6 Å². The number of hydrogen-bond acceptors (Lipinski definition) is 7. The van der Waals surface area contributed by atoms with Crippen LogP contribution >= 0.6 is 0 Å². The number of nitro benzene ring substituents is 1. The van der Waals surface area contributed by atoms with Crippen molar-refractivity contribution >= 4 is 33.2 Å². The van der Waals surface area contributed by atoms with Gasteiger partial charge in [-0.3, -0.25) is 24.0 Å². The summed E-state index contributed by atoms with van der Waals surface area (Å²) in [4.78, 5) is 39.3. The molecule has 43 heavy (non-hydrogen) atoms. The van der Waals surface area contributed by atoms with Gasteiger partial charge in [-0.2, -0.15) is 0 Å². The lowest BCUT2D eigenvalue weighted by atomic mass is 10.1. The monoisotopic (exact) mass is 610 g/mol. The Labute approximate surface area is 252 Å². The van der Waals surface area contributed by atoms with E-state index in [2.05, 4.69) is 5.32 Å². The minimum absolute atomic E-state index is 0.0523. The molecule has 0 aliphatic heterocycles. The molecule has 0 bridgehead atoms. The first-order valence-corrected chi connectivity index (χ1v) is 15.1. The number of carbonyl (C=O) groups is 2. The molecule has 0 radical (unpaired) electrons. The smallest absolute Gasteiger partial charge is 0.273 e.